The van der Waals surface area contributed by atoms with Gasteiger partial charge in [-0.25, -0.2) is 0 Å². The summed E-state index contributed by atoms with van der Waals surface area (Å²) in [6.07, 6.45) is 6.88. The summed E-state index contributed by atoms with van der Waals surface area (Å²) in [5.74, 6) is -0.217. The summed E-state index contributed by atoms with van der Waals surface area (Å²) >= 11 is 0. The van der Waals surface area contributed by atoms with Crippen LogP contribution in [0.4, 0.5) is 0 Å². The third-order valence-electron chi connectivity index (χ3n) is 4.88. The zero-order chi connectivity index (χ0) is 11.8. The van der Waals surface area contributed by atoms with Gasteiger partial charge in [-0.2, -0.15) is 0 Å². The molecule has 0 aromatic heterocycles. The molecule has 2 rings (SSSR count). The molecule has 0 unspecified atom stereocenters. The maximum absolute atomic E-state index is 11.9. The molecule has 92 valence electrons. The lowest BCUT2D eigenvalue weighted by Crippen LogP contribution is -2.51. The van der Waals surface area contributed by atoms with Gasteiger partial charge in [0.2, 0.25) is 0 Å². The Labute approximate surface area is 97.2 Å². The molecule has 3 atom stereocenters. The van der Waals surface area contributed by atoms with E-state index in [1.165, 1.54) is 7.11 Å². The molecule has 1 N–H and O–H groups in total. The van der Waals surface area contributed by atoms with E-state index < -0.39 is 5.60 Å². The standard InChI is InChI=1S/C13H22O3/c1-12(15)7-5-9-13(12)8-4-3-6-10(13)11(14)16-2/h10,15H,3-9H2,1-2H3/t10-,12+,13-/m1/s1. The van der Waals surface area contributed by atoms with Gasteiger partial charge in [0.25, 0.3) is 0 Å². The average Bonchev–Trinajstić information content (AvgIpc) is 2.55. The van der Waals surface area contributed by atoms with Crippen LogP contribution in [0.5, 0.6) is 0 Å². The number of methoxy groups -OCH3 is 1. The van der Waals surface area contributed by atoms with Crippen molar-refractivity contribution in [2.75, 3.05) is 7.11 Å². The molecule has 2 aliphatic carbocycles. The van der Waals surface area contributed by atoms with Crippen LogP contribution >= 0.6 is 0 Å². The first-order valence-corrected chi connectivity index (χ1v) is 6.34. The second kappa shape index (κ2) is 4.02. The lowest BCUT2D eigenvalue weighted by molar-refractivity contribution is -0.165. The number of carbonyl (C=O) groups is 1. The van der Waals surface area contributed by atoms with Gasteiger partial charge in [0.05, 0.1) is 18.6 Å². The Hall–Kier alpha value is -0.570. The molecule has 1 spiro atoms. The van der Waals surface area contributed by atoms with Crippen molar-refractivity contribution < 1.29 is 14.6 Å². The van der Waals surface area contributed by atoms with Crippen LogP contribution in [0.15, 0.2) is 0 Å². The number of carbonyl (C=O) groups excluding carboxylic acids is 1. The van der Waals surface area contributed by atoms with Gasteiger partial charge in [0, 0.05) is 5.41 Å². The summed E-state index contributed by atoms with van der Waals surface area (Å²) in [4.78, 5) is 11.9. The molecule has 0 amide bonds. The number of ether oxygens (including phenoxy) is 1. The van der Waals surface area contributed by atoms with E-state index in [1.54, 1.807) is 0 Å². The first-order chi connectivity index (χ1) is 7.53. The van der Waals surface area contributed by atoms with Crippen molar-refractivity contribution in [3.8, 4) is 0 Å². The lowest BCUT2D eigenvalue weighted by atomic mass is 9.59. The minimum absolute atomic E-state index is 0.0938. The van der Waals surface area contributed by atoms with E-state index in [9.17, 15) is 9.90 Å². The average molecular weight is 226 g/mol. The van der Waals surface area contributed by atoms with Crippen LogP contribution in [0.3, 0.4) is 0 Å². The summed E-state index contributed by atoms with van der Waals surface area (Å²) in [7, 11) is 1.45. The lowest BCUT2D eigenvalue weighted by Gasteiger charge is -2.47. The van der Waals surface area contributed by atoms with E-state index in [0.717, 1.165) is 44.9 Å². The Morgan fingerprint density at radius 2 is 1.94 bits per heavy atom. The van der Waals surface area contributed by atoms with Crippen LogP contribution in [0.1, 0.15) is 51.9 Å². The minimum Gasteiger partial charge on any atom is -0.469 e. The van der Waals surface area contributed by atoms with Crippen molar-refractivity contribution in [2.24, 2.45) is 11.3 Å². The maximum Gasteiger partial charge on any atom is 0.309 e. The van der Waals surface area contributed by atoms with Crippen LogP contribution in [0.2, 0.25) is 0 Å². The normalized spacial score (nSPS) is 43.6. The molecule has 0 aromatic rings. The third-order valence-corrected chi connectivity index (χ3v) is 4.88. The number of rotatable bonds is 1. The van der Waals surface area contributed by atoms with Gasteiger partial charge < -0.3 is 9.84 Å². The van der Waals surface area contributed by atoms with E-state index in [4.69, 9.17) is 4.74 Å². The van der Waals surface area contributed by atoms with Crippen LogP contribution in [-0.2, 0) is 9.53 Å². The van der Waals surface area contributed by atoms with Crippen LogP contribution in [0.25, 0.3) is 0 Å². The van der Waals surface area contributed by atoms with E-state index in [-0.39, 0.29) is 17.3 Å². The third kappa shape index (κ3) is 1.56. The predicted molar refractivity (Wildman–Crippen MR) is 60.9 cm³/mol. The highest BCUT2D eigenvalue weighted by Gasteiger charge is 2.58. The molecule has 0 aromatic carbocycles. The number of hydrogen-bond donors (Lipinski definition) is 1. The van der Waals surface area contributed by atoms with Gasteiger partial charge in [0.15, 0.2) is 0 Å². The maximum atomic E-state index is 11.9. The highest BCUT2D eigenvalue weighted by atomic mass is 16.5. The summed E-state index contributed by atoms with van der Waals surface area (Å²) in [5, 5.41) is 10.6. The molecule has 0 bridgehead atoms. The molecular weight excluding hydrogens is 204 g/mol. The Balaban J connectivity index is 2.31. The van der Waals surface area contributed by atoms with Gasteiger partial charge in [0.1, 0.15) is 0 Å². The van der Waals surface area contributed by atoms with Crippen molar-refractivity contribution >= 4 is 5.97 Å². The van der Waals surface area contributed by atoms with Gasteiger partial charge in [-0.1, -0.05) is 12.8 Å². The first-order valence-electron chi connectivity index (χ1n) is 6.34. The zero-order valence-electron chi connectivity index (χ0n) is 10.3. The second-order valence-corrected chi connectivity index (χ2v) is 5.61. The van der Waals surface area contributed by atoms with E-state index >= 15 is 0 Å². The molecule has 0 radical (unpaired) electrons. The SMILES string of the molecule is COC(=O)[C@H]1CCCC[C@@]12CCC[C@]2(C)O. The molecule has 0 aliphatic heterocycles. The van der Waals surface area contributed by atoms with Crippen molar-refractivity contribution in [1.29, 1.82) is 0 Å². The van der Waals surface area contributed by atoms with Gasteiger partial charge in [-0.05, 0) is 39.0 Å². The second-order valence-electron chi connectivity index (χ2n) is 5.61. The number of aliphatic hydroxyl groups is 1. The Morgan fingerprint density at radius 1 is 1.25 bits per heavy atom. The smallest absolute Gasteiger partial charge is 0.309 e. The van der Waals surface area contributed by atoms with Crippen molar-refractivity contribution in [1.82, 2.24) is 0 Å². The summed E-state index contributed by atoms with van der Waals surface area (Å²) < 4.78 is 4.92. The zero-order valence-corrected chi connectivity index (χ0v) is 10.3. The Bertz CT molecular complexity index is 285. The quantitative estimate of drug-likeness (QED) is 0.698. The molecule has 3 nitrogen and oxygen atoms in total. The number of hydrogen-bond acceptors (Lipinski definition) is 3. The highest BCUT2D eigenvalue weighted by Crippen LogP contribution is 2.58. The Kier molecular flexibility index (Phi) is 2.99. The topological polar surface area (TPSA) is 46.5 Å². The number of esters is 1. The van der Waals surface area contributed by atoms with Crippen molar-refractivity contribution in [3.05, 3.63) is 0 Å². The van der Waals surface area contributed by atoms with Gasteiger partial charge in [-0.3, -0.25) is 4.79 Å². The molecule has 0 heterocycles. The summed E-state index contributed by atoms with van der Waals surface area (Å²) in [6.45, 7) is 1.90. The van der Waals surface area contributed by atoms with Crippen molar-refractivity contribution in [2.45, 2.75) is 57.5 Å². The fourth-order valence-corrected chi connectivity index (χ4v) is 3.94. The molecule has 3 heteroatoms. The van der Waals surface area contributed by atoms with Crippen LogP contribution < -0.4 is 0 Å². The van der Waals surface area contributed by atoms with Crippen LogP contribution in [0, 0.1) is 11.3 Å². The molecule has 0 saturated heterocycles. The van der Waals surface area contributed by atoms with Gasteiger partial charge >= 0.3 is 5.97 Å². The predicted octanol–water partition coefficient (Wildman–Crippen LogP) is 2.27. The highest BCUT2D eigenvalue weighted by molar-refractivity contribution is 5.73. The largest absolute Gasteiger partial charge is 0.469 e. The molecule has 2 saturated carbocycles. The summed E-state index contributed by atoms with van der Waals surface area (Å²) in [5.41, 5.74) is -0.898. The van der Waals surface area contributed by atoms with E-state index in [0.29, 0.717) is 0 Å². The molecule has 16 heavy (non-hydrogen) atoms. The molecule has 2 fully saturated rings. The van der Waals surface area contributed by atoms with Gasteiger partial charge in [-0.15, -0.1) is 0 Å². The first kappa shape index (κ1) is 11.9. The van der Waals surface area contributed by atoms with E-state index in [1.807, 2.05) is 6.92 Å². The molecule has 2 aliphatic rings. The fraction of sp³-hybridized carbons (Fsp3) is 0.923. The molecular formula is C13H22O3. The summed E-state index contributed by atoms with van der Waals surface area (Å²) in [6, 6.07) is 0. The Morgan fingerprint density at radius 3 is 2.50 bits per heavy atom. The minimum atomic E-state index is -0.688. The fourth-order valence-electron chi connectivity index (χ4n) is 3.94. The monoisotopic (exact) mass is 226 g/mol. The van der Waals surface area contributed by atoms with Crippen molar-refractivity contribution in [3.63, 3.8) is 0 Å². The van der Waals surface area contributed by atoms with E-state index in [2.05, 4.69) is 0 Å². The van der Waals surface area contributed by atoms with Crippen LogP contribution in [-0.4, -0.2) is 23.8 Å².